The van der Waals surface area contributed by atoms with Crippen LogP contribution in [0.2, 0.25) is 0 Å². The second-order valence-electron chi connectivity index (χ2n) is 6.80. The molecule has 1 aliphatic heterocycles. The first-order chi connectivity index (χ1) is 12.8. The highest BCUT2D eigenvalue weighted by molar-refractivity contribution is 7.99. The highest BCUT2D eigenvalue weighted by atomic mass is 32.2. The van der Waals surface area contributed by atoms with E-state index < -0.39 is 22.8 Å². The summed E-state index contributed by atoms with van der Waals surface area (Å²) >= 11 is 1.40. The van der Waals surface area contributed by atoms with Gasteiger partial charge in [0.25, 0.3) is 11.6 Å². The van der Waals surface area contributed by atoms with Gasteiger partial charge in [0.05, 0.1) is 35.5 Å². The van der Waals surface area contributed by atoms with Crippen LogP contribution in [0.25, 0.3) is 0 Å². The van der Waals surface area contributed by atoms with E-state index in [1.807, 2.05) is 0 Å². The molecular formula is C18H24N2O6S. The van der Waals surface area contributed by atoms with Crippen LogP contribution in [0.15, 0.2) is 23.1 Å². The summed E-state index contributed by atoms with van der Waals surface area (Å²) in [6, 6.07) is 3.87. The van der Waals surface area contributed by atoms with Gasteiger partial charge in [-0.05, 0) is 30.2 Å². The maximum atomic E-state index is 12.8. The minimum atomic E-state index is -1.02. The van der Waals surface area contributed by atoms with Gasteiger partial charge >= 0.3 is 5.97 Å². The van der Waals surface area contributed by atoms with Crippen LogP contribution >= 0.6 is 11.8 Å². The van der Waals surface area contributed by atoms with Gasteiger partial charge in [0.2, 0.25) is 0 Å². The lowest BCUT2D eigenvalue weighted by atomic mass is 10.1. The zero-order valence-electron chi connectivity index (χ0n) is 15.4. The molecule has 0 saturated carbocycles. The van der Waals surface area contributed by atoms with Gasteiger partial charge in [0.1, 0.15) is 0 Å². The Kier molecular flexibility index (Phi) is 7.61. The molecule has 1 N–H and O–H groups in total. The van der Waals surface area contributed by atoms with E-state index in [2.05, 4.69) is 13.8 Å². The number of carboxylic acid groups (broad SMARTS) is 1. The molecule has 0 radical (unpaired) electrons. The van der Waals surface area contributed by atoms with Crippen LogP contribution in [0.5, 0.6) is 0 Å². The summed E-state index contributed by atoms with van der Waals surface area (Å²) in [5.74, 6) is -0.168. The lowest BCUT2D eigenvalue weighted by Gasteiger charge is -2.34. The number of hydrogen-bond donors (Lipinski definition) is 1. The number of thioether (sulfide) groups is 1. The first-order valence-corrected chi connectivity index (χ1v) is 9.80. The molecule has 27 heavy (non-hydrogen) atoms. The lowest BCUT2D eigenvalue weighted by molar-refractivity contribution is -0.387. The fraction of sp³-hybridized carbons (Fsp3) is 0.556. The van der Waals surface area contributed by atoms with Crippen molar-refractivity contribution in [2.24, 2.45) is 5.92 Å². The third-order valence-electron chi connectivity index (χ3n) is 4.25. The molecule has 1 amide bonds. The topological polar surface area (TPSA) is 110 Å². The fourth-order valence-corrected chi connectivity index (χ4v) is 4.03. The summed E-state index contributed by atoms with van der Waals surface area (Å²) in [6.45, 7) is 4.89. The van der Waals surface area contributed by atoms with Gasteiger partial charge in [-0.15, -0.1) is 11.8 Å². The normalized spacial score (nSPS) is 17.1. The second kappa shape index (κ2) is 9.70. The second-order valence-corrected chi connectivity index (χ2v) is 7.93. The van der Waals surface area contributed by atoms with Gasteiger partial charge in [0.15, 0.2) is 0 Å². The molecule has 0 bridgehead atoms. The van der Waals surface area contributed by atoms with Gasteiger partial charge in [-0.2, -0.15) is 0 Å². The number of nitro groups is 1. The number of nitrogens with zero attached hydrogens (tertiary/aromatic N) is 2. The first kappa shape index (κ1) is 21.2. The zero-order valence-corrected chi connectivity index (χ0v) is 16.2. The van der Waals surface area contributed by atoms with Crippen LogP contribution in [-0.2, 0) is 9.53 Å². The van der Waals surface area contributed by atoms with Crippen LogP contribution in [-0.4, -0.2) is 58.4 Å². The SMILES string of the molecule is CC(C)CCSc1ccc(C(=O)N2CCOCC2CC(=O)O)cc1[N+](=O)[O-]. The summed E-state index contributed by atoms with van der Waals surface area (Å²) in [5.41, 5.74) is 0.0878. The molecule has 0 aliphatic carbocycles. The van der Waals surface area contributed by atoms with Crippen molar-refractivity contribution in [3.63, 3.8) is 0 Å². The highest BCUT2D eigenvalue weighted by Crippen LogP contribution is 2.32. The minimum absolute atomic E-state index is 0.0994. The van der Waals surface area contributed by atoms with Gasteiger partial charge in [-0.25, -0.2) is 0 Å². The van der Waals surface area contributed by atoms with Crippen molar-refractivity contribution >= 4 is 29.3 Å². The van der Waals surface area contributed by atoms with Gasteiger partial charge < -0.3 is 14.7 Å². The maximum Gasteiger partial charge on any atom is 0.305 e. The van der Waals surface area contributed by atoms with Crippen LogP contribution in [0.4, 0.5) is 5.69 Å². The average Bonchev–Trinajstić information content (AvgIpc) is 2.61. The number of ether oxygens (including phenoxy) is 1. The Hall–Kier alpha value is -2.13. The van der Waals surface area contributed by atoms with Gasteiger partial charge in [-0.3, -0.25) is 19.7 Å². The van der Waals surface area contributed by atoms with Crippen LogP contribution in [0, 0.1) is 16.0 Å². The van der Waals surface area contributed by atoms with Crippen molar-refractivity contribution in [1.29, 1.82) is 0 Å². The Morgan fingerprint density at radius 1 is 1.44 bits per heavy atom. The predicted molar refractivity (Wildman–Crippen MR) is 101 cm³/mol. The van der Waals surface area contributed by atoms with E-state index in [0.29, 0.717) is 17.4 Å². The monoisotopic (exact) mass is 396 g/mol. The Bertz CT molecular complexity index is 709. The summed E-state index contributed by atoms with van der Waals surface area (Å²) in [5, 5.41) is 20.5. The van der Waals surface area contributed by atoms with E-state index in [9.17, 15) is 19.7 Å². The minimum Gasteiger partial charge on any atom is -0.481 e. The molecule has 1 atom stereocenters. The molecule has 1 saturated heterocycles. The van der Waals surface area contributed by atoms with Crippen LogP contribution in [0.1, 0.15) is 37.0 Å². The Labute approximate surface area is 162 Å². The molecule has 148 valence electrons. The third-order valence-corrected chi connectivity index (χ3v) is 5.35. The lowest BCUT2D eigenvalue weighted by Crippen LogP contribution is -2.49. The van der Waals surface area contributed by atoms with Crippen molar-refractivity contribution < 1.29 is 24.4 Å². The number of carbonyl (C=O) groups is 2. The van der Waals surface area contributed by atoms with Crippen LogP contribution in [0.3, 0.4) is 0 Å². The summed E-state index contributed by atoms with van der Waals surface area (Å²) < 4.78 is 5.28. The molecular weight excluding hydrogens is 372 g/mol. The highest BCUT2D eigenvalue weighted by Gasteiger charge is 2.31. The van der Waals surface area contributed by atoms with E-state index in [1.165, 1.54) is 22.7 Å². The van der Waals surface area contributed by atoms with Crippen LogP contribution < -0.4 is 0 Å². The molecule has 1 aromatic carbocycles. The standard InChI is InChI=1S/C18H24N2O6S/c1-12(2)5-8-27-16-4-3-13(9-15(16)20(24)25)18(23)19-6-7-26-11-14(19)10-17(21)22/h3-4,9,12,14H,5-8,10-11H2,1-2H3,(H,21,22). The number of hydrogen-bond acceptors (Lipinski definition) is 6. The number of benzene rings is 1. The Morgan fingerprint density at radius 3 is 2.81 bits per heavy atom. The molecule has 0 aromatic heterocycles. The third kappa shape index (κ3) is 5.93. The molecule has 1 aliphatic rings. The number of carbonyl (C=O) groups excluding carboxylic acids is 1. The molecule has 9 heteroatoms. The average molecular weight is 396 g/mol. The smallest absolute Gasteiger partial charge is 0.305 e. The van der Waals surface area contributed by atoms with E-state index in [4.69, 9.17) is 9.84 Å². The van der Waals surface area contributed by atoms with Crippen molar-refractivity contribution in [2.75, 3.05) is 25.5 Å². The van der Waals surface area contributed by atoms with Crippen molar-refractivity contribution in [2.45, 2.75) is 37.6 Å². The van der Waals surface area contributed by atoms with Crippen molar-refractivity contribution in [1.82, 2.24) is 4.90 Å². The number of amides is 1. The predicted octanol–water partition coefficient (Wildman–Crippen LogP) is 3.05. The largest absolute Gasteiger partial charge is 0.481 e. The van der Waals surface area contributed by atoms with E-state index in [-0.39, 0.29) is 30.8 Å². The zero-order chi connectivity index (χ0) is 20.0. The van der Waals surface area contributed by atoms with E-state index in [0.717, 1.165) is 12.2 Å². The van der Waals surface area contributed by atoms with Gasteiger partial charge in [0, 0.05) is 18.2 Å². The molecule has 1 heterocycles. The molecule has 1 fully saturated rings. The molecule has 1 aromatic rings. The summed E-state index contributed by atoms with van der Waals surface area (Å²) in [6.07, 6.45) is 0.712. The Morgan fingerprint density at radius 2 is 2.19 bits per heavy atom. The number of carboxylic acids is 1. The maximum absolute atomic E-state index is 12.8. The molecule has 0 spiro atoms. The molecule has 8 nitrogen and oxygen atoms in total. The van der Waals surface area contributed by atoms with Crippen molar-refractivity contribution in [3.05, 3.63) is 33.9 Å². The first-order valence-electron chi connectivity index (χ1n) is 8.81. The number of nitro benzene ring substituents is 1. The number of morpholine rings is 1. The number of rotatable bonds is 8. The Balaban J connectivity index is 2.21. The van der Waals surface area contributed by atoms with Gasteiger partial charge in [-0.1, -0.05) is 13.8 Å². The van der Waals surface area contributed by atoms with E-state index in [1.54, 1.807) is 12.1 Å². The van der Waals surface area contributed by atoms with E-state index >= 15 is 0 Å². The quantitative estimate of drug-likeness (QED) is 0.408. The van der Waals surface area contributed by atoms with Crippen molar-refractivity contribution in [3.8, 4) is 0 Å². The number of aliphatic carboxylic acids is 1. The summed E-state index contributed by atoms with van der Waals surface area (Å²) in [7, 11) is 0. The molecule has 2 rings (SSSR count). The molecule has 1 unspecified atom stereocenters. The fourth-order valence-electron chi connectivity index (χ4n) is 2.78. The summed E-state index contributed by atoms with van der Waals surface area (Å²) in [4.78, 5) is 36.8.